The third-order valence-electron chi connectivity index (χ3n) is 5.52. The average Bonchev–Trinajstić information content (AvgIpc) is 2.82. The summed E-state index contributed by atoms with van der Waals surface area (Å²) in [4.78, 5) is 13.1. The molecule has 0 saturated carbocycles. The minimum Gasteiger partial charge on any atom is -0.495 e. The molecule has 0 fully saturated rings. The zero-order valence-corrected chi connectivity index (χ0v) is 20.2. The molecule has 0 aliphatic rings. The molecule has 33 heavy (non-hydrogen) atoms. The van der Waals surface area contributed by atoms with Gasteiger partial charge in [0.05, 0.1) is 23.7 Å². The van der Waals surface area contributed by atoms with E-state index in [1.54, 1.807) is 48.5 Å². The number of benzene rings is 3. The van der Waals surface area contributed by atoms with Gasteiger partial charge < -0.3 is 10.1 Å². The molecular formula is C26H30N2O4S. The van der Waals surface area contributed by atoms with E-state index in [-0.39, 0.29) is 17.5 Å². The van der Waals surface area contributed by atoms with Gasteiger partial charge in [0.1, 0.15) is 12.3 Å². The van der Waals surface area contributed by atoms with Gasteiger partial charge in [-0.1, -0.05) is 61.0 Å². The van der Waals surface area contributed by atoms with Crippen LogP contribution in [-0.2, 0) is 21.2 Å². The normalized spacial score (nSPS) is 12.1. The molecule has 0 radical (unpaired) electrons. The lowest BCUT2D eigenvalue weighted by molar-refractivity contribution is -0.120. The van der Waals surface area contributed by atoms with E-state index >= 15 is 0 Å². The highest BCUT2D eigenvalue weighted by molar-refractivity contribution is 7.92. The first-order valence-electron chi connectivity index (χ1n) is 10.9. The fraction of sp³-hybridized carbons (Fsp3) is 0.269. The summed E-state index contributed by atoms with van der Waals surface area (Å²) in [5.41, 5.74) is 3.41. The van der Waals surface area contributed by atoms with Crippen LogP contribution in [0, 0.1) is 6.92 Å². The quantitative estimate of drug-likeness (QED) is 0.499. The SMILES string of the molecule is CCc1ccc(C(C)NC(=O)CN(c2ccccc2OC)S(=O)(=O)c2ccc(C)cc2)cc1. The van der Waals surface area contributed by atoms with Gasteiger partial charge in [0.15, 0.2) is 0 Å². The van der Waals surface area contributed by atoms with Crippen LogP contribution in [0.2, 0.25) is 0 Å². The van der Waals surface area contributed by atoms with Crippen molar-refractivity contribution in [3.8, 4) is 5.75 Å². The number of sulfonamides is 1. The molecule has 6 nitrogen and oxygen atoms in total. The van der Waals surface area contributed by atoms with Crippen molar-refractivity contribution in [2.24, 2.45) is 0 Å². The van der Waals surface area contributed by atoms with Gasteiger partial charge in [0.2, 0.25) is 5.91 Å². The monoisotopic (exact) mass is 466 g/mol. The van der Waals surface area contributed by atoms with Crippen molar-refractivity contribution in [1.29, 1.82) is 0 Å². The molecule has 0 heterocycles. The Kier molecular flexibility index (Phi) is 7.76. The predicted molar refractivity (Wildman–Crippen MR) is 131 cm³/mol. The number of rotatable bonds is 9. The highest BCUT2D eigenvalue weighted by atomic mass is 32.2. The minimum absolute atomic E-state index is 0.106. The van der Waals surface area contributed by atoms with E-state index in [0.717, 1.165) is 21.9 Å². The lowest BCUT2D eigenvalue weighted by Crippen LogP contribution is -2.41. The smallest absolute Gasteiger partial charge is 0.264 e. The van der Waals surface area contributed by atoms with Gasteiger partial charge in [-0.2, -0.15) is 0 Å². The van der Waals surface area contributed by atoms with E-state index in [4.69, 9.17) is 4.74 Å². The van der Waals surface area contributed by atoms with Crippen LogP contribution in [0.4, 0.5) is 5.69 Å². The molecule has 0 bridgehead atoms. The van der Waals surface area contributed by atoms with Gasteiger partial charge in [-0.3, -0.25) is 9.10 Å². The molecule has 174 valence electrons. The Bertz CT molecular complexity index is 1190. The van der Waals surface area contributed by atoms with Crippen LogP contribution in [0.3, 0.4) is 0 Å². The fourth-order valence-corrected chi connectivity index (χ4v) is 4.95. The van der Waals surface area contributed by atoms with Crippen LogP contribution in [0.1, 0.15) is 36.6 Å². The van der Waals surface area contributed by atoms with Gasteiger partial charge in [0.25, 0.3) is 10.0 Å². The van der Waals surface area contributed by atoms with E-state index in [1.165, 1.54) is 12.7 Å². The molecular weight excluding hydrogens is 436 g/mol. The van der Waals surface area contributed by atoms with Crippen molar-refractivity contribution in [3.05, 3.63) is 89.5 Å². The fourth-order valence-electron chi connectivity index (χ4n) is 3.52. The summed E-state index contributed by atoms with van der Waals surface area (Å²) in [5.74, 6) is -0.0483. The number of para-hydroxylation sites is 2. The molecule has 0 aliphatic carbocycles. The molecule has 1 atom stereocenters. The van der Waals surface area contributed by atoms with Crippen molar-refractivity contribution >= 4 is 21.6 Å². The summed E-state index contributed by atoms with van der Waals surface area (Å²) < 4.78 is 33.6. The topological polar surface area (TPSA) is 75.7 Å². The molecule has 3 aromatic carbocycles. The summed E-state index contributed by atoms with van der Waals surface area (Å²) in [6.45, 7) is 5.46. The number of nitrogens with zero attached hydrogens (tertiary/aromatic N) is 1. The predicted octanol–water partition coefficient (Wildman–Crippen LogP) is 4.64. The van der Waals surface area contributed by atoms with Crippen LogP contribution in [0.5, 0.6) is 5.75 Å². The number of hydrogen-bond donors (Lipinski definition) is 1. The van der Waals surface area contributed by atoms with Gasteiger partial charge in [-0.15, -0.1) is 0 Å². The summed E-state index contributed by atoms with van der Waals surface area (Å²) in [7, 11) is -2.55. The van der Waals surface area contributed by atoms with E-state index in [0.29, 0.717) is 11.4 Å². The Labute approximate surface area is 196 Å². The molecule has 3 rings (SSSR count). The number of ether oxygens (including phenoxy) is 1. The number of amides is 1. The Hall–Kier alpha value is -3.32. The second-order valence-corrected chi connectivity index (χ2v) is 9.74. The zero-order valence-electron chi connectivity index (χ0n) is 19.4. The molecule has 0 aliphatic heterocycles. The van der Waals surface area contributed by atoms with E-state index < -0.39 is 15.9 Å². The molecule has 0 saturated heterocycles. The van der Waals surface area contributed by atoms with Crippen molar-refractivity contribution < 1.29 is 17.9 Å². The van der Waals surface area contributed by atoms with Crippen LogP contribution in [0.25, 0.3) is 0 Å². The molecule has 7 heteroatoms. The van der Waals surface area contributed by atoms with Crippen LogP contribution < -0.4 is 14.4 Å². The summed E-state index contributed by atoms with van der Waals surface area (Å²) >= 11 is 0. The highest BCUT2D eigenvalue weighted by Crippen LogP contribution is 2.32. The number of hydrogen-bond acceptors (Lipinski definition) is 4. The Balaban J connectivity index is 1.90. The van der Waals surface area contributed by atoms with Crippen molar-refractivity contribution in [2.75, 3.05) is 18.0 Å². The molecule has 1 N–H and O–H groups in total. The van der Waals surface area contributed by atoms with E-state index in [9.17, 15) is 13.2 Å². The maximum Gasteiger partial charge on any atom is 0.264 e. The highest BCUT2D eigenvalue weighted by Gasteiger charge is 2.29. The lowest BCUT2D eigenvalue weighted by atomic mass is 10.1. The third kappa shape index (κ3) is 5.73. The third-order valence-corrected chi connectivity index (χ3v) is 7.29. The maximum absolute atomic E-state index is 13.6. The second kappa shape index (κ2) is 10.5. The van der Waals surface area contributed by atoms with Crippen LogP contribution in [-0.4, -0.2) is 28.0 Å². The number of nitrogens with one attached hydrogen (secondary N) is 1. The van der Waals surface area contributed by atoms with Gasteiger partial charge >= 0.3 is 0 Å². The Morgan fingerprint density at radius 3 is 2.24 bits per heavy atom. The van der Waals surface area contributed by atoms with E-state index in [1.807, 2.05) is 38.1 Å². The zero-order chi connectivity index (χ0) is 24.0. The molecule has 1 amide bonds. The lowest BCUT2D eigenvalue weighted by Gasteiger charge is -2.26. The first kappa shape index (κ1) is 24.3. The van der Waals surface area contributed by atoms with Gasteiger partial charge in [0, 0.05) is 0 Å². The van der Waals surface area contributed by atoms with E-state index in [2.05, 4.69) is 12.2 Å². The summed E-state index contributed by atoms with van der Waals surface area (Å²) in [6.07, 6.45) is 0.936. The largest absolute Gasteiger partial charge is 0.495 e. The van der Waals surface area contributed by atoms with Crippen LogP contribution in [0.15, 0.2) is 77.7 Å². The van der Waals surface area contributed by atoms with Gasteiger partial charge in [-0.25, -0.2) is 8.42 Å². The Morgan fingerprint density at radius 1 is 1.00 bits per heavy atom. The first-order chi connectivity index (χ1) is 15.8. The van der Waals surface area contributed by atoms with Crippen LogP contribution >= 0.6 is 0 Å². The molecule has 0 aromatic heterocycles. The Morgan fingerprint density at radius 2 is 1.64 bits per heavy atom. The molecule has 1 unspecified atom stereocenters. The summed E-state index contributed by atoms with van der Waals surface area (Å²) in [5, 5.41) is 2.92. The van der Waals surface area contributed by atoms with Crippen molar-refractivity contribution in [1.82, 2.24) is 5.32 Å². The summed E-state index contributed by atoms with van der Waals surface area (Å²) in [6, 6.07) is 21.1. The number of carbonyl (C=O) groups excluding carboxylic acids is 1. The standard InChI is InChI=1S/C26H30N2O4S/c1-5-21-12-14-22(15-13-21)20(3)27-26(29)18-28(24-8-6-7-9-25(24)32-4)33(30,31)23-16-10-19(2)11-17-23/h6-17,20H,5,18H2,1-4H3,(H,27,29). The molecule has 0 spiro atoms. The van der Waals surface area contributed by atoms with Crippen molar-refractivity contribution in [3.63, 3.8) is 0 Å². The first-order valence-corrected chi connectivity index (χ1v) is 12.3. The minimum atomic E-state index is -4.02. The maximum atomic E-state index is 13.6. The average molecular weight is 467 g/mol. The van der Waals surface area contributed by atoms with Crippen molar-refractivity contribution in [2.45, 2.75) is 38.1 Å². The number of anilines is 1. The second-order valence-electron chi connectivity index (χ2n) is 7.88. The number of carbonyl (C=O) groups is 1. The molecule has 3 aromatic rings. The number of aryl methyl sites for hydroxylation is 2. The van der Waals surface area contributed by atoms with Gasteiger partial charge in [-0.05, 0) is 55.7 Å². The number of methoxy groups -OCH3 is 1.